The molecule has 162 valence electrons. The Kier molecular flexibility index (Phi) is 7.84. The molecule has 3 rings (SSSR count). The summed E-state index contributed by atoms with van der Waals surface area (Å²) in [5.74, 6) is -1.15. The molecule has 2 heterocycles. The van der Waals surface area contributed by atoms with Crippen LogP contribution in [0.1, 0.15) is 16.5 Å². The van der Waals surface area contributed by atoms with E-state index in [1.54, 1.807) is 11.3 Å². The first kappa shape index (κ1) is 22.3. The van der Waals surface area contributed by atoms with Gasteiger partial charge in [-0.1, -0.05) is 18.2 Å². The number of nitrogens with one attached hydrogen (secondary N) is 4. The second kappa shape index (κ2) is 10.6. The van der Waals surface area contributed by atoms with E-state index in [0.29, 0.717) is 13.1 Å². The lowest BCUT2D eigenvalue weighted by Gasteiger charge is -2.33. The van der Waals surface area contributed by atoms with E-state index < -0.39 is 11.8 Å². The van der Waals surface area contributed by atoms with Crippen molar-refractivity contribution in [3.8, 4) is 0 Å². The summed E-state index contributed by atoms with van der Waals surface area (Å²) in [4.78, 5) is 30.7. The maximum absolute atomic E-state index is 12.4. The molecule has 1 aromatic carbocycles. The summed E-state index contributed by atoms with van der Waals surface area (Å²) in [6.07, 6.45) is 0. The predicted molar refractivity (Wildman–Crippen MR) is 120 cm³/mol. The summed E-state index contributed by atoms with van der Waals surface area (Å²) in [5, 5.41) is 7.52. The van der Waals surface area contributed by atoms with Crippen molar-refractivity contribution in [1.82, 2.24) is 10.6 Å². The normalized spacial score (nSPS) is 19.7. The van der Waals surface area contributed by atoms with Gasteiger partial charge in [-0.2, -0.15) is 0 Å². The third-order valence-corrected chi connectivity index (χ3v) is 6.60. The maximum Gasteiger partial charge on any atom is 0.309 e. The number of thiophene rings is 1. The smallest absolute Gasteiger partial charge is 0.309 e. The van der Waals surface area contributed by atoms with E-state index in [1.165, 1.54) is 15.4 Å². The highest BCUT2D eigenvalue weighted by atomic mass is 32.1. The Morgan fingerprint density at radius 3 is 2.30 bits per heavy atom. The van der Waals surface area contributed by atoms with Gasteiger partial charge in [-0.3, -0.25) is 9.59 Å². The molecule has 0 spiro atoms. The van der Waals surface area contributed by atoms with Crippen molar-refractivity contribution < 1.29 is 19.4 Å². The monoisotopic (exact) mass is 431 g/mol. The lowest BCUT2D eigenvalue weighted by molar-refractivity contribution is -1.02. The number of hydrogen-bond acceptors (Lipinski definition) is 4. The summed E-state index contributed by atoms with van der Waals surface area (Å²) in [6, 6.07) is 12.5. The van der Waals surface area contributed by atoms with E-state index in [9.17, 15) is 9.59 Å². The highest BCUT2D eigenvalue weighted by Gasteiger charge is 2.30. The third-order valence-electron chi connectivity index (χ3n) is 5.73. The molecule has 1 aliphatic rings. The number of quaternary nitrogens is 2. The number of carbonyl (C=O) groups excluding carboxylic acids is 2. The van der Waals surface area contributed by atoms with Crippen LogP contribution in [0.15, 0.2) is 41.8 Å². The Morgan fingerprint density at radius 2 is 1.70 bits per heavy atom. The van der Waals surface area contributed by atoms with Crippen LogP contribution in [0.3, 0.4) is 0 Å². The molecule has 1 atom stereocenters. The average molecular weight is 432 g/mol. The largest absolute Gasteiger partial charge is 0.378 e. The molecule has 4 N–H and O–H groups in total. The predicted octanol–water partition coefficient (Wildman–Crippen LogP) is -1.30. The van der Waals surface area contributed by atoms with E-state index in [1.807, 2.05) is 31.6 Å². The lowest BCUT2D eigenvalue weighted by atomic mass is 10.0. The average Bonchev–Trinajstić information content (AvgIpc) is 3.27. The minimum absolute atomic E-state index is 0.128. The standard InChI is InChI=1S/C22H31N5O2S/c1-25(2)18-8-6-17(7-9-18)20(27-12-10-26(3)11-13-27)16-24-22(29)21(28)23-15-19-5-4-14-30-19/h4-9,14,20H,10-13,15-16H2,1-3H3,(H,23,28)(H,24,29)/p+2/t20-/m0/s1. The van der Waals surface area contributed by atoms with Crippen molar-refractivity contribution >= 4 is 28.8 Å². The van der Waals surface area contributed by atoms with Crippen LogP contribution in [0.2, 0.25) is 0 Å². The fourth-order valence-corrected chi connectivity index (χ4v) is 4.43. The molecule has 0 bridgehead atoms. The van der Waals surface area contributed by atoms with Gasteiger partial charge in [0.2, 0.25) is 0 Å². The van der Waals surface area contributed by atoms with Crippen LogP contribution in [-0.2, 0) is 16.1 Å². The number of amides is 2. The summed E-state index contributed by atoms with van der Waals surface area (Å²) in [6.45, 7) is 5.14. The van der Waals surface area contributed by atoms with Crippen LogP contribution >= 0.6 is 11.3 Å². The molecule has 0 unspecified atom stereocenters. The summed E-state index contributed by atoms with van der Waals surface area (Å²) < 4.78 is 0. The van der Waals surface area contributed by atoms with Crippen molar-refractivity contribution in [2.75, 3.05) is 58.8 Å². The second-order valence-corrected chi connectivity index (χ2v) is 9.16. The number of likely N-dealkylation sites (N-methyl/N-ethyl adjacent to an activating group) is 1. The van der Waals surface area contributed by atoms with Crippen molar-refractivity contribution in [3.63, 3.8) is 0 Å². The maximum atomic E-state index is 12.4. The molecule has 1 aromatic heterocycles. The van der Waals surface area contributed by atoms with Gasteiger partial charge in [-0.25, -0.2) is 0 Å². The molecular weight excluding hydrogens is 398 g/mol. The number of nitrogens with zero attached hydrogens (tertiary/aromatic N) is 1. The van der Waals surface area contributed by atoms with Crippen molar-refractivity contribution in [2.24, 2.45) is 0 Å². The molecule has 0 aliphatic carbocycles. The molecule has 2 amide bonds. The minimum Gasteiger partial charge on any atom is -0.378 e. The summed E-state index contributed by atoms with van der Waals surface area (Å²) >= 11 is 1.56. The Bertz CT molecular complexity index is 815. The Morgan fingerprint density at radius 1 is 1.03 bits per heavy atom. The van der Waals surface area contributed by atoms with Crippen LogP contribution in [-0.4, -0.2) is 65.7 Å². The van der Waals surface area contributed by atoms with Crippen LogP contribution in [0.25, 0.3) is 0 Å². The highest BCUT2D eigenvalue weighted by Crippen LogP contribution is 2.16. The van der Waals surface area contributed by atoms with Gasteiger partial charge in [0.15, 0.2) is 0 Å². The van der Waals surface area contributed by atoms with Crippen LogP contribution in [0.4, 0.5) is 5.69 Å². The zero-order valence-electron chi connectivity index (χ0n) is 18.0. The Hall–Kier alpha value is -2.42. The first-order chi connectivity index (χ1) is 14.4. The Balaban J connectivity index is 1.62. The fourth-order valence-electron chi connectivity index (χ4n) is 3.78. The van der Waals surface area contributed by atoms with Crippen molar-refractivity contribution in [2.45, 2.75) is 12.6 Å². The van der Waals surface area contributed by atoms with Gasteiger partial charge in [0.25, 0.3) is 0 Å². The number of carbonyl (C=O) groups is 2. The van der Waals surface area contributed by atoms with E-state index in [2.05, 4.69) is 46.8 Å². The number of anilines is 1. The van der Waals surface area contributed by atoms with E-state index in [-0.39, 0.29) is 6.04 Å². The van der Waals surface area contributed by atoms with Crippen molar-refractivity contribution in [1.29, 1.82) is 0 Å². The second-order valence-electron chi connectivity index (χ2n) is 8.13. The van der Waals surface area contributed by atoms with Gasteiger partial charge in [-0.05, 0) is 23.6 Å². The SMILES string of the molecule is CN(C)c1ccc([C@H](CNC(=O)C(=O)NCc2cccs2)[NH+]2CC[NH+](C)CC2)cc1. The molecule has 1 aliphatic heterocycles. The Labute approximate surface area is 182 Å². The highest BCUT2D eigenvalue weighted by molar-refractivity contribution is 7.09. The summed E-state index contributed by atoms with van der Waals surface area (Å²) in [7, 11) is 6.27. The first-order valence-electron chi connectivity index (χ1n) is 10.5. The molecule has 1 fully saturated rings. The van der Waals surface area contributed by atoms with Gasteiger partial charge in [0.05, 0.1) is 20.1 Å². The number of benzene rings is 1. The van der Waals surface area contributed by atoms with Crippen LogP contribution < -0.4 is 25.3 Å². The van der Waals surface area contributed by atoms with Gasteiger partial charge in [0, 0.05) is 30.2 Å². The number of hydrogen-bond donors (Lipinski definition) is 4. The molecule has 2 aromatic rings. The quantitative estimate of drug-likeness (QED) is 0.412. The fraction of sp³-hybridized carbons (Fsp3) is 0.455. The van der Waals surface area contributed by atoms with Crippen LogP contribution in [0.5, 0.6) is 0 Å². The number of rotatable bonds is 7. The lowest BCUT2D eigenvalue weighted by Crippen LogP contribution is -3.27. The van der Waals surface area contributed by atoms with Gasteiger partial charge in [-0.15, -0.1) is 11.3 Å². The summed E-state index contributed by atoms with van der Waals surface area (Å²) in [5.41, 5.74) is 2.33. The topological polar surface area (TPSA) is 70.3 Å². The van der Waals surface area contributed by atoms with Gasteiger partial charge in [0.1, 0.15) is 32.2 Å². The van der Waals surface area contributed by atoms with Crippen molar-refractivity contribution in [3.05, 3.63) is 52.2 Å². The third kappa shape index (κ3) is 6.04. The number of piperazine rings is 1. The molecule has 0 radical (unpaired) electrons. The molecule has 0 saturated carbocycles. The minimum atomic E-state index is -0.581. The van der Waals surface area contributed by atoms with Gasteiger partial charge < -0.3 is 25.3 Å². The van der Waals surface area contributed by atoms with E-state index >= 15 is 0 Å². The molecule has 30 heavy (non-hydrogen) atoms. The molecule has 1 saturated heterocycles. The van der Waals surface area contributed by atoms with E-state index in [4.69, 9.17) is 0 Å². The molecular formula is C22H33N5O2S+2. The first-order valence-corrected chi connectivity index (χ1v) is 11.3. The molecule has 8 heteroatoms. The van der Waals surface area contributed by atoms with Gasteiger partial charge >= 0.3 is 11.8 Å². The van der Waals surface area contributed by atoms with Crippen LogP contribution in [0, 0.1) is 0 Å². The van der Waals surface area contributed by atoms with E-state index in [0.717, 1.165) is 36.7 Å². The zero-order valence-corrected chi connectivity index (χ0v) is 18.8. The zero-order chi connectivity index (χ0) is 21.5. The molecule has 7 nitrogen and oxygen atoms in total.